The molecule has 0 aliphatic carbocycles. The number of hydrogen-bond acceptors (Lipinski definition) is 4. The summed E-state index contributed by atoms with van der Waals surface area (Å²) in [4.78, 5) is 16.7. The van der Waals surface area contributed by atoms with E-state index in [1.807, 2.05) is 0 Å². The molecule has 0 unspecified atom stereocenters. The maximum atomic E-state index is 4.40. The number of halogens is 2. The Bertz CT molecular complexity index is 418. The highest BCUT2D eigenvalue weighted by molar-refractivity contribution is 9.09. The topological polar surface area (TPSA) is 51.6 Å². The van der Waals surface area contributed by atoms with Gasteiger partial charge in [-0.15, -0.1) is 0 Å². The van der Waals surface area contributed by atoms with E-state index in [4.69, 9.17) is 0 Å². The third-order valence-corrected chi connectivity index (χ3v) is 2.82. The SMILES string of the molecule is BrCc1nc2cncnc2nc1CBr. The minimum absolute atomic E-state index is 0.638. The van der Waals surface area contributed by atoms with Crippen molar-refractivity contribution in [3.63, 3.8) is 0 Å². The number of rotatable bonds is 2. The van der Waals surface area contributed by atoms with E-state index in [1.54, 1.807) is 6.20 Å². The molecule has 0 aliphatic rings. The first-order chi connectivity index (χ1) is 6.85. The molecule has 72 valence electrons. The lowest BCUT2D eigenvalue weighted by Gasteiger charge is -2.03. The Kier molecular flexibility index (Phi) is 3.02. The number of nitrogens with zero attached hydrogens (tertiary/aromatic N) is 4. The largest absolute Gasteiger partial charge is 0.245 e. The fourth-order valence-corrected chi connectivity index (χ4v) is 2.00. The summed E-state index contributed by atoms with van der Waals surface area (Å²) in [5.74, 6) is 0. The summed E-state index contributed by atoms with van der Waals surface area (Å²) in [6, 6.07) is 0. The second-order valence-corrected chi connectivity index (χ2v) is 3.74. The molecule has 0 radical (unpaired) electrons. The molecule has 2 rings (SSSR count). The number of aromatic nitrogens is 4. The summed E-state index contributed by atoms with van der Waals surface area (Å²) in [5, 5.41) is 1.37. The zero-order valence-electron chi connectivity index (χ0n) is 7.11. The Labute approximate surface area is 97.5 Å². The van der Waals surface area contributed by atoms with Gasteiger partial charge in [-0.2, -0.15) is 0 Å². The van der Waals surface area contributed by atoms with Crippen molar-refractivity contribution in [3.05, 3.63) is 23.9 Å². The molecule has 0 aromatic carbocycles. The van der Waals surface area contributed by atoms with Crippen LogP contribution in [0.5, 0.6) is 0 Å². The van der Waals surface area contributed by atoms with E-state index in [0.29, 0.717) is 16.3 Å². The van der Waals surface area contributed by atoms with Gasteiger partial charge in [0.1, 0.15) is 11.8 Å². The van der Waals surface area contributed by atoms with Crippen LogP contribution in [-0.2, 0) is 10.7 Å². The first kappa shape index (κ1) is 9.92. The highest BCUT2D eigenvalue weighted by atomic mass is 79.9. The zero-order chi connectivity index (χ0) is 9.97. The molecule has 0 bridgehead atoms. The molecule has 4 nitrogen and oxygen atoms in total. The van der Waals surface area contributed by atoms with Gasteiger partial charge >= 0.3 is 0 Å². The van der Waals surface area contributed by atoms with Crippen LogP contribution in [0.1, 0.15) is 11.4 Å². The molecule has 0 fully saturated rings. The first-order valence-electron chi connectivity index (χ1n) is 3.92. The summed E-state index contributed by atoms with van der Waals surface area (Å²) in [6.07, 6.45) is 3.14. The minimum atomic E-state index is 0.638. The summed E-state index contributed by atoms with van der Waals surface area (Å²) in [7, 11) is 0. The van der Waals surface area contributed by atoms with Crippen LogP contribution in [0.15, 0.2) is 12.5 Å². The molecule has 0 N–H and O–H groups in total. The van der Waals surface area contributed by atoms with Gasteiger partial charge in [0.25, 0.3) is 0 Å². The van der Waals surface area contributed by atoms with Crippen molar-refractivity contribution in [2.45, 2.75) is 10.7 Å². The van der Waals surface area contributed by atoms with Gasteiger partial charge in [0.05, 0.1) is 17.6 Å². The second kappa shape index (κ2) is 4.27. The molecule has 2 heterocycles. The lowest BCUT2D eigenvalue weighted by molar-refractivity contribution is 1.04. The van der Waals surface area contributed by atoms with Crippen molar-refractivity contribution >= 4 is 43.0 Å². The van der Waals surface area contributed by atoms with E-state index >= 15 is 0 Å². The van der Waals surface area contributed by atoms with E-state index in [2.05, 4.69) is 51.8 Å². The molecule has 0 saturated carbocycles. The van der Waals surface area contributed by atoms with Crippen LogP contribution >= 0.6 is 31.9 Å². The maximum Gasteiger partial charge on any atom is 0.181 e. The Balaban J connectivity index is 2.69. The van der Waals surface area contributed by atoms with Gasteiger partial charge in [0.2, 0.25) is 0 Å². The normalized spacial score (nSPS) is 10.7. The lowest BCUT2D eigenvalue weighted by atomic mass is 10.3. The average molecular weight is 318 g/mol. The van der Waals surface area contributed by atoms with Gasteiger partial charge < -0.3 is 0 Å². The number of fused-ring (bicyclic) bond motifs is 1. The van der Waals surface area contributed by atoms with Gasteiger partial charge in [0, 0.05) is 10.7 Å². The van der Waals surface area contributed by atoms with Crippen LogP contribution in [0.3, 0.4) is 0 Å². The van der Waals surface area contributed by atoms with Crippen LogP contribution in [-0.4, -0.2) is 19.9 Å². The fraction of sp³-hybridized carbons (Fsp3) is 0.250. The highest BCUT2D eigenvalue weighted by Gasteiger charge is 2.06. The van der Waals surface area contributed by atoms with Gasteiger partial charge in [-0.3, -0.25) is 0 Å². The smallest absolute Gasteiger partial charge is 0.181 e. The molecule has 0 saturated heterocycles. The monoisotopic (exact) mass is 316 g/mol. The van der Waals surface area contributed by atoms with Crippen molar-refractivity contribution in [1.29, 1.82) is 0 Å². The molecule has 0 atom stereocenters. The second-order valence-electron chi connectivity index (χ2n) is 2.62. The molecule has 0 amide bonds. The van der Waals surface area contributed by atoms with Crippen molar-refractivity contribution in [3.8, 4) is 0 Å². The molecule has 14 heavy (non-hydrogen) atoms. The van der Waals surface area contributed by atoms with E-state index in [1.165, 1.54) is 6.33 Å². The lowest BCUT2D eigenvalue weighted by Crippen LogP contribution is -1.99. The third-order valence-electron chi connectivity index (χ3n) is 1.76. The Morgan fingerprint density at radius 3 is 2.50 bits per heavy atom. The van der Waals surface area contributed by atoms with E-state index < -0.39 is 0 Å². The molecule has 0 aliphatic heterocycles. The van der Waals surface area contributed by atoms with Gasteiger partial charge in [-0.25, -0.2) is 19.9 Å². The summed E-state index contributed by atoms with van der Waals surface area (Å²) < 4.78 is 0. The fourth-order valence-electron chi connectivity index (χ4n) is 1.10. The minimum Gasteiger partial charge on any atom is -0.245 e. The van der Waals surface area contributed by atoms with Crippen LogP contribution in [0.25, 0.3) is 11.2 Å². The maximum absolute atomic E-state index is 4.40. The third kappa shape index (κ3) is 1.76. The van der Waals surface area contributed by atoms with Crippen LogP contribution in [0.4, 0.5) is 0 Å². The van der Waals surface area contributed by atoms with Crippen LogP contribution in [0.2, 0.25) is 0 Å². The Hall–Kier alpha value is -0.620. The van der Waals surface area contributed by atoms with Crippen LogP contribution in [0, 0.1) is 0 Å². The predicted molar refractivity (Wildman–Crippen MR) is 60.4 cm³/mol. The van der Waals surface area contributed by atoms with Crippen molar-refractivity contribution in [1.82, 2.24) is 19.9 Å². The number of alkyl halides is 2. The Morgan fingerprint density at radius 1 is 1.07 bits per heavy atom. The first-order valence-corrected chi connectivity index (χ1v) is 6.17. The van der Waals surface area contributed by atoms with E-state index in [-0.39, 0.29) is 0 Å². The Morgan fingerprint density at radius 2 is 1.79 bits per heavy atom. The predicted octanol–water partition coefficient (Wildman–Crippen LogP) is 2.21. The van der Waals surface area contributed by atoms with Gasteiger partial charge in [-0.05, 0) is 0 Å². The van der Waals surface area contributed by atoms with Crippen molar-refractivity contribution in [2.24, 2.45) is 0 Å². The van der Waals surface area contributed by atoms with E-state index in [0.717, 1.165) is 16.9 Å². The van der Waals surface area contributed by atoms with Gasteiger partial charge in [-0.1, -0.05) is 31.9 Å². The molecule has 6 heteroatoms. The van der Waals surface area contributed by atoms with Gasteiger partial charge in [0.15, 0.2) is 5.65 Å². The molecular weight excluding hydrogens is 312 g/mol. The van der Waals surface area contributed by atoms with E-state index in [9.17, 15) is 0 Å². The summed E-state index contributed by atoms with van der Waals surface area (Å²) in [5.41, 5.74) is 3.20. The standard InChI is InChI=1S/C8H6Br2N4/c9-1-5-6(2-10)14-8-7(13-5)3-11-4-12-8/h3-4H,1-2H2. The molecular formula is C8H6Br2N4. The number of hydrogen-bond donors (Lipinski definition) is 0. The van der Waals surface area contributed by atoms with Crippen molar-refractivity contribution in [2.75, 3.05) is 0 Å². The quantitative estimate of drug-likeness (QED) is 0.797. The zero-order valence-corrected chi connectivity index (χ0v) is 10.3. The molecule has 0 spiro atoms. The molecule has 2 aromatic heterocycles. The van der Waals surface area contributed by atoms with Crippen LogP contribution < -0.4 is 0 Å². The highest BCUT2D eigenvalue weighted by Crippen LogP contribution is 2.14. The average Bonchev–Trinajstić information content (AvgIpc) is 2.27. The van der Waals surface area contributed by atoms with Crippen molar-refractivity contribution < 1.29 is 0 Å². The summed E-state index contributed by atoms with van der Waals surface area (Å²) in [6.45, 7) is 0. The summed E-state index contributed by atoms with van der Waals surface area (Å²) >= 11 is 6.74. The molecule has 2 aromatic rings.